The molecule has 7 aromatic rings. The summed E-state index contributed by atoms with van der Waals surface area (Å²) in [6.45, 7) is 0. The third-order valence-corrected chi connectivity index (χ3v) is 14.0. The Morgan fingerprint density at radius 3 is 0.712 bits per heavy atom. The van der Waals surface area contributed by atoms with Crippen molar-refractivity contribution in [1.82, 2.24) is 19.9 Å². The number of rotatable bonds is 8. The molecule has 8 bridgehead atoms. The first-order valence-electron chi connectivity index (χ1n) is 18.7. The number of hydrogen-bond acceptors (Lipinski definition) is 14. The molecule has 0 saturated carbocycles. The van der Waals surface area contributed by atoms with Crippen molar-refractivity contribution >= 4 is 86.8 Å². The van der Waals surface area contributed by atoms with Gasteiger partial charge < -0.3 is 28.2 Å². The van der Waals surface area contributed by atoms with Crippen LogP contribution in [0.5, 0.6) is 0 Å². The molecule has 0 unspecified atom stereocenters. The van der Waals surface area contributed by atoms with Crippen molar-refractivity contribution in [3.8, 4) is 44.5 Å². The largest absolute Gasteiger partial charge is 2.00 e. The molecule has 9 rings (SSSR count). The topological polar surface area (TPSA) is 286 Å². The van der Waals surface area contributed by atoms with Crippen LogP contribution in [0.1, 0.15) is 22.8 Å². The van der Waals surface area contributed by atoms with E-state index in [4.69, 9.17) is 9.97 Å². The quantitative estimate of drug-likeness (QED) is 0.115. The van der Waals surface area contributed by atoms with Crippen LogP contribution in [-0.4, -0.2) is 71.8 Å². The van der Waals surface area contributed by atoms with Crippen molar-refractivity contribution in [3.63, 3.8) is 0 Å². The van der Waals surface area contributed by atoms with Gasteiger partial charge in [0.05, 0.1) is 42.4 Å². The fraction of sp³-hybridized carbons (Fsp3) is 0. The van der Waals surface area contributed by atoms with E-state index in [0.29, 0.717) is 0 Å². The third kappa shape index (κ3) is 8.89. The monoisotopic (exact) mass is 1040 g/mol. The van der Waals surface area contributed by atoms with Gasteiger partial charge in [0, 0.05) is 66.6 Å². The molecule has 22 heteroatoms. The first kappa shape index (κ1) is 48.1. The minimum atomic E-state index is -5.15. The second-order valence-electron chi connectivity index (χ2n) is 14.3. The molecule has 0 atom stereocenters. The second kappa shape index (κ2) is 17.8. The molecule has 0 aliphatic carbocycles. The van der Waals surface area contributed by atoms with E-state index < -0.39 is 60.1 Å². The van der Waals surface area contributed by atoms with Crippen molar-refractivity contribution in [2.45, 2.75) is 19.6 Å². The molecule has 0 fully saturated rings. The molecule has 2 radical (unpaired) electrons. The molecule has 16 nitrogen and oxygen atoms in total. The summed E-state index contributed by atoms with van der Waals surface area (Å²) in [5.41, 5.74) is 0.425. The average molecular weight is 1040 g/mol. The fourth-order valence-electron chi connectivity index (χ4n) is 7.90. The van der Waals surface area contributed by atoms with E-state index in [-0.39, 0.29) is 123 Å². The Balaban J connectivity index is 0.00000324. The standard InChI is InChI=1S/C44H30N4O12S4.2Mn/c49-61(50,51)37-13-5-1-9-25(37)41-29-17-19-31(45-29)42(26-10-2-6-14-38(26)62(52,53)54)33-21-23-35(47-33)44(28-12-4-8-16-40(28)64(58,59)60)36-24-22-34(48-36)43(32-20-18-30(41)46-32)27-11-3-7-15-39(27)63(55,56)57;;/h1-24,45,48H,(H,49,50,51)(H,52,53,54)(H,55,56,57)(H,58,59,60);;/q;2*+2/p-4. The number of aromatic amines is 2. The van der Waals surface area contributed by atoms with E-state index in [9.17, 15) is 51.9 Å². The van der Waals surface area contributed by atoms with Gasteiger partial charge in [-0.05, 0) is 72.8 Å². The van der Waals surface area contributed by atoms with Gasteiger partial charge in [0.1, 0.15) is 40.5 Å². The predicted molar refractivity (Wildman–Crippen MR) is 232 cm³/mol. The minimum Gasteiger partial charge on any atom is -0.744 e. The third-order valence-electron chi connectivity index (χ3n) is 10.5. The molecule has 4 aromatic carbocycles. The van der Waals surface area contributed by atoms with Crippen LogP contribution in [0.3, 0.4) is 0 Å². The number of benzene rings is 4. The van der Waals surface area contributed by atoms with Crippen molar-refractivity contribution in [2.75, 3.05) is 0 Å². The van der Waals surface area contributed by atoms with Crippen LogP contribution in [0, 0.1) is 0 Å². The van der Waals surface area contributed by atoms with Gasteiger partial charge in [0.25, 0.3) is 0 Å². The summed E-state index contributed by atoms with van der Waals surface area (Å²) in [4.78, 5) is 13.6. The summed E-state index contributed by atoms with van der Waals surface area (Å²) < 4.78 is 153. The van der Waals surface area contributed by atoms with E-state index in [1.165, 1.54) is 121 Å². The van der Waals surface area contributed by atoms with Gasteiger partial charge in [-0.2, -0.15) is 0 Å². The number of nitrogens with one attached hydrogen (secondary N) is 2. The first-order valence-corrected chi connectivity index (χ1v) is 24.3. The molecule has 332 valence electrons. The first-order chi connectivity index (χ1) is 30.3. The maximum absolute atomic E-state index is 12.8. The predicted octanol–water partition coefficient (Wildman–Crippen LogP) is 6.94. The maximum atomic E-state index is 12.8. The number of aromatic nitrogens is 4. The summed E-state index contributed by atoms with van der Waals surface area (Å²) in [5, 5.41) is 0. The zero-order chi connectivity index (χ0) is 45.3. The molecular weight excluding hydrogens is 1010 g/mol. The number of hydrogen-bond donors (Lipinski definition) is 2. The average Bonchev–Trinajstić information content (AvgIpc) is 4.08. The molecule has 66 heavy (non-hydrogen) atoms. The maximum Gasteiger partial charge on any atom is 2.00 e. The zero-order valence-electron chi connectivity index (χ0n) is 33.0. The molecular formula is C44H26Mn2N4O12S4. The fourth-order valence-corrected chi connectivity index (χ4v) is 10.6. The van der Waals surface area contributed by atoms with Crippen LogP contribution in [0.15, 0.2) is 141 Å². The van der Waals surface area contributed by atoms with E-state index in [0.717, 1.165) is 24.3 Å². The van der Waals surface area contributed by atoms with Gasteiger partial charge in [-0.1, -0.05) is 72.8 Å². The van der Waals surface area contributed by atoms with Gasteiger partial charge in [0.2, 0.25) is 0 Å². The van der Waals surface area contributed by atoms with Gasteiger partial charge in [-0.25, -0.2) is 43.6 Å². The second-order valence-corrected chi connectivity index (χ2v) is 19.7. The Morgan fingerprint density at radius 1 is 0.318 bits per heavy atom. The van der Waals surface area contributed by atoms with Crippen molar-refractivity contribution in [2.24, 2.45) is 0 Å². The molecule has 0 spiro atoms. The molecule has 2 aliphatic rings. The zero-order valence-corrected chi connectivity index (χ0v) is 38.7. The summed E-state index contributed by atoms with van der Waals surface area (Å²) >= 11 is 0. The summed E-state index contributed by atoms with van der Waals surface area (Å²) in [7, 11) is -20.6. The van der Waals surface area contributed by atoms with Crippen LogP contribution in [0.25, 0.3) is 90.9 Å². The normalized spacial score (nSPS) is 12.7. The van der Waals surface area contributed by atoms with E-state index in [1.54, 1.807) is 0 Å². The Hall–Kier alpha value is -5.84. The smallest absolute Gasteiger partial charge is 0.744 e. The Labute approximate surface area is 398 Å². The van der Waals surface area contributed by atoms with Crippen LogP contribution < -0.4 is 0 Å². The van der Waals surface area contributed by atoms with Crippen molar-refractivity contribution < 1.29 is 86.0 Å². The Morgan fingerprint density at radius 2 is 0.515 bits per heavy atom. The van der Waals surface area contributed by atoms with Crippen molar-refractivity contribution in [3.05, 3.63) is 144 Å². The van der Waals surface area contributed by atoms with Gasteiger partial charge in [0.15, 0.2) is 0 Å². The van der Waals surface area contributed by atoms with E-state index in [1.807, 2.05) is 0 Å². The number of fused-ring (bicyclic) bond motifs is 8. The van der Waals surface area contributed by atoms with Crippen LogP contribution in [0.4, 0.5) is 0 Å². The van der Waals surface area contributed by atoms with Gasteiger partial charge in [-0.15, -0.1) is 0 Å². The molecule has 2 aliphatic heterocycles. The molecule has 0 saturated heterocycles. The number of nitrogens with zero attached hydrogens (tertiary/aromatic N) is 2. The SMILES string of the molecule is O=S(=O)([O-])c1ccccc1-c1c2nc(c(-c3ccccc3S(=O)(=O)[O-])c3ccc([nH]3)c(-c3ccccc3S(=O)(=O)[O-])c3nc(c(-c4ccccc4S(=O)(=O)[O-])c4ccc1[nH]4)C=C3)C=C2.[Mn+2].[Mn+2]. The van der Waals surface area contributed by atoms with Gasteiger partial charge >= 0.3 is 34.1 Å². The summed E-state index contributed by atoms with van der Waals surface area (Å²) in [5.74, 6) is 0. The van der Waals surface area contributed by atoms with E-state index in [2.05, 4.69) is 9.97 Å². The number of H-pyrrole nitrogens is 2. The van der Waals surface area contributed by atoms with Crippen LogP contribution in [-0.2, 0) is 74.6 Å². The summed E-state index contributed by atoms with van der Waals surface area (Å²) in [6, 6.07) is 27.3. The summed E-state index contributed by atoms with van der Waals surface area (Å²) in [6.07, 6.45) is 5.88. The molecule has 5 heterocycles. The van der Waals surface area contributed by atoms with Crippen molar-refractivity contribution in [1.29, 1.82) is 0 Å². The Bertz CT molecular complexity index is 3380. The van der Waals surface area contributed by atoms with Crippen LogP contribution >= 0.6 is 0 Å². The molecule has 3 aromatic heterocycles. The van der Waals surface area contributed by atoms with Gasteiger partial charge in [-0.3, -0.25) is 0 Å². The minimum absolute atomic E-state index is 0. The van der Waals surface area contributed by atoms with Crippen LogP contribution in [0.2, 0.25) is 0 Å². The Kier molecular flexibility index (Phi) is 12.9. The molecule has 2 N–H and O–H groups in total. The molecule has 0 amide bonds. The van der Waals surface area contributed by atoms with E-state index >= 15 is 0 Å².